The summed E-state index contributed by atoms with van der Waals surface area (Å²) < 4.78 is 32.8. The van der Waals surface area contributed by atoms with E-state index in [-0.39, 0.29) is 0 Å². The molecule has 8 nitrogen and oxygen atoms in total. The molecule has 1 fully saturated rings. The van der Waals surface area contributed by atoms with Crippen molar-refractivity contribution in [2.24, 2.45) is 0 Å². The molecular weight excluding hydrogens is 304 g/mol. The number of hydrogen-bond donors (Lipinski definition) is 3. The van der Waals surface area contributed by atoms with Gasteiger partial charge in [-0.2, -0.15) is 9.78 Å². The van der Waals surface area contributed by atoms with Crippen LogP contribution in [0.25, 0.3) is 0 Å². The quantitative estimate of drug-likeness (QED) is 0.557. The first-order valence-electron chi connectivity index (χ1n) is 6.26. The average Bonchev–Trinajstić information content (AvgIpc) is 2.70. The number of aliphatic hydroxyl groups is 2. The van der Waals surface area contributed by atoms with E-state index in [0.29, 0.717) is 10.9 Å². The second kappa shape index (κ2) is 5.96. The van der Waals surface area contributed by atoms with Crippen LogP contribution in [0.3, 0.4) is 0 Å². The van der Waals surface area contributed by atoms with Crippen LogP contribution in [0.15, 0.2) is 15.8 Å². The number of ether oxygens (including phenoxy) is 1. The van der Waals surface area contributed by atoms with Crippen molar-refractivity contribution in [2.45, 2.75) is 37.1 Å². The minimum Gasteiger partial charge on any atom is -0.391 e. The Kier molecular flexibility index (Phi) is 4.41. The fourth-order valence-corrected chi connectivity index (χ4v) is 2.15. The van der Waals surface area contributed by atoms with Gasteiger partial charge in [-0.1, -0.05) is 11.8 Å². The highest BCUT2D eigenvalue weighted by Gasteiger charge is 2.59. The van der Waals surface area contributed by atoms with E-state index in [4.69, 9.17) is 4.74 Å². The van der Waals surface area contributed by atoms with Gasteiger partial charge < -0.3 is 14.9 Å². The maximum absolute atomic E-state index is 15.0. The minimum atomic E-state index is -2.89. The molecule has 0 radical (unpaired) electrons. The van der Waals surface area contributed by atoms with Gasteiger partial charge in [0.15, 0.2) is 0 Å². The topological polar surface area (TPSA) is 117 Å². The molecule has 1 aliphatic rings. The second-order valence-electron chi connectivity index (χ2n) is 4.73. The maximum Gasteiger partial charge on any atom is 0.347 e. The molecule has 0 bridgehead atoms. The first-order chi connectivity index (χ1) is 10.3. The van der Waals surface area contributed by atoms with Gasteiger partial charge in [0.2, 0.25) is 11.9 Å². The Morgan fingerprint density at radius 1 is 1.64 bits per heavy atom. The molecule has 1 aromatic rings. The van der Waals surface area contributed by atoms with E-state index >= 15 is 4.39 Å². The van der Waals surface area contributed by atoms with Crippen molar-refractivity contribution in [2.75, 3.05) is 6.67 Å². The highest BCUT2D eigenvalue weighted by Crippen LogP contribution is 2.41. The Bertz CT molecular complexity index is 722. The highest BCUT2D eigenvalue weighted by atomic mass is 19.1. The summed E-state index contributed by atoms with van der Waals surface area (Å²) >= 11 is 0. The van der Waals surface area contributed by atoms with Gasteiger partial charge in [-0.3, -0.25) is 9.78 Å². The summed E-state index contributed by atoms with van der Waals surface area (Å²) in [6, 6.07) is 0. The van der Waals surface area contributed by atoms with Gasteiger partial charge in [0.05, 0.1) is 6.10 Å². The molecule has 10 heteroatoms. The lowest BCUT2D eigenvalue weighted by molar-refractivity contribution is -0.0850. The van der Waals surface area contributed by atoms with Crippen LogP contribution in [0, 0.1) is 11.8 Å². The number of aromatic nitrogens is 3. The summed E-state index contributed by atoms with van der Waals surface area (Å²) in [5, 5.41) is 22.9. The van der Waals surface area contributed by atoms with Crippen molar-refractivity contribution in [1.29, 1.82) is 0 Å². The summed E-state index contributed by atoms with van der Waals surface area (Å²) in [6.45, 7) is 0.0563. The Morgan fingerprint density at radius 2 is 2.32 bits per heavy atom. The largest absolute Gasteiger partial charge is 0.391 e. The Hall–Kier alpha value is -2.09. The van der Waals surface area contributed by atoms with E-state index in [1.54, 1.807) is 0 Å². The predicted octanol–water partition coefficient (Wildman–Crippen LogP) is -1.75. The van der Waals surface area contributed by atoms with Crippen LogP contribution in [0.4, 0.5) is 8.78 Å². The number of nitrogens with zero attached hydrogens (tertiary/aromatic N) is 2. The number of H-pyrrole nitrogens is 1. The van der Waals surface area contributed by atoms with E-state index in [2.05, 4.69) is 5.10 Å². The number of alkyl halides is 2. The fourth-order valence-electron chi connectivity index (χ4n) is 2.15. The zero-order chi connectivity index (χ0) is 16.5. The standard InChI is InChI=1S/C12H13F2N3O5/c1-6(18)8-9(20)12(14,3-2-4-13)10(22-8)17-11(21)16-7(19)5-15-17/h5-6,8-10,18,20H,4H2,1H3,(H,16,19,21)/t6-,8+,9?,10+,12+/m0/s1. The third kappa shape index (κ3) is 2.66. The molecule has 2 heterocycles. The molecule has 3 N–H and O–H groups in total. The number of aromatic amines is 1. The maximum atomic E-state index is 15.0. The van der Waals surface area contributed by atoms with Crippen molar-refractivity contribution in [1.82, 2.24) is 14.8 Å². The monoisotopic (exact) mass is 317 g/mol. The fraction of sp³-hybridized carbons (Fsp3) is 0.583. The van der Waals surface area contributed by atoms with Gasteiger partial charge in [0, 0.05) is 0 Å². The lowest BCUT2D eigenvalue weighted by Crippen LogP contribution is -2.46. The van der Waals surface area contributed by atoms with Crippen molar-refractivity contribution in [3.8, 4) is 11.8 Å². The zero-order valence-electron chi connectivity index (χ0n) is 11.4. The second-order valence-corrected chi connectivity index (χ2v) is 4.73. The first-order valence-corrected chi connectivity index (χ1v) is 6.26. The summed E-state index contributed by atoms with van der Waals surface area (Å²) in [7, 11) is 0. The van der Waals surface area contributed by atoms with Crippen LogP contribution in [-0.2, 0) is 4.74 Å². The lowest BCUT2D eigenvalue weighted by atomic mass is 9.94. The van der Waals surface area contributed by atoms with Gasteiger partial charge in [-0.05, 0) is 6.92 Å². The molecule has 0 aromatic carbocycles. The van der Waals surface area contributed by atoms with Gasteiger partial charge in [0.25, 0.3) is 5.56 Å². The van der Waals surface area contributed by atoms with Gasteiger partial charge >= 0.3 is 5.69 Å². The van der Waals surface area contributed by atoms with E-state index in [1.807, 2.05) is 16.8 Å². The summed E-state index contributed by atoms with van der Waals surface area (Å²) in [5.41, 5.74) is -4.80. The minimum absolute atomic E-state index is 0.430. The van der Waals surface area contributed by atoms with Crippen LogP contribution < -0.4 is 11.2 Å². The molecule has 1 saturated heterocycles. The van der Waals surface area contributed by atoms with E-state index < -0.39 is 48.1 Å². The molecular formula is C12H13F2N3O5. The molecule has 1 unspecified atom stereocenters. The zero-order valence-corrected chi connectivity index (χ0v) is 11.4. The average molecular weight is 317 g/mol. The van der Waals surface area contributed by atoms with E-state index in [0.717, 1.165) is 0 Å². The van der Waals surface area contributed by atoms with E-state index in [1.165, 1.54) is 6.92 Å². The molecule has 2 rings (SSSR count). The van der Waals surface area contributed by atoms with Gasteiger partial charge in [-0.15, -0.1) is 0 Å². The lowest BCUT2D eigenvalue weighted by Gasteiger charge is -2.23. The highest BCUT2D eigenvalue weighted by molar-refractivity contribution is 5.23. The Labute approximate surface area is 122 Å². The number of nitrogens with one attached hydrogen (secondary N) is 1. The molecule has 5 atom stereocenters. The Morgan fingerprint density at radius 3 is 2.86 bits per heavy atom. The third-order valence-electron chi connectivity index (χ3n) is 3.17. The number of hydrogen-bond acceptors (Lipinski definition) is 6. The van der Waals surface area contributed by atoms with Gasteiger partial charge in [0.1, 0.15) is 25.1 Å². The predicted molar refractivity (Wildman–Crippen MR) is 68.3 cm³/mol. The number of halogens is 2. The molecule has 1 aliphatic heterocycles. The molecule has 120 valence electrons. The van der Waals surface area contributed by atoms with Crippen molar-refractivity contribution >= 4 is 0 Å². The van der Waals surface area contributed by atoms with Crippen LogP contribution in [-0.4, -0.2) is 55.6 Å². The molecule has 0 aliphatic carbocycles. The molecule has 1 aromatic heterocycles. The first kappa shape index (κ1) is 16.3. The van der Waals surface area contributed by atoms with Crippen LogP contribution in [0.1, 0.15) is 13.2 Å². The summed E-state index contributed by atoms with van der Waals surface area (Å²) in [6.07, 6.45) is -5.80. The third-order valence-corrected chi connectivity index (χ3v) is 3.17. The van der Waals surface area contributed by atoms with Crippen LogP contribution in [0.5, 0.6) is 0 Å². The smallest absolute Gasteiger partial charge is 0.347 e. The SMILES string of the molecule is C[C@H](O)[C@H]1O[C@@H](n2ncc(=O)[nH]c2=O)[C@@](F)(C#CCF)C1O. The molecule has 0 spiro atoms. The number of aliphatic hydroxyl groups excluding tert-OH is 2. The normalized spacial score (nSPS) is 32.3. The van der Waals surface area contributed by atoms with Crippen LogP contribution >= 0.6 is 0 Å². The Balaban J connectivity index is 2.55. The summed E-state index contributed by atoms with van der Waals surface area (Å²) in [4.78, 5) is 24.5. The van der Waals surface area contributed by atoms with Crippen molar-refractivity contribution < 1.29 is 23.7 Å². The molecule has 22 heavy (non-hydrogen) atoms. The van der Waals surface area contributed by atoms with Crippen molar-refractivity contribution in [3.05, 3.63) is 27.0 Å². The molecule has 0 amide bonds. The summed E-state index contributed by atoms with van der Waals surface area (Å²) in [5.74, 6) is 3.69. The van der Waals surface area contributed by atoms with Crippen molar-refractivity contribution in [3.63, 3.8) is 0 Å². The van der Waals surface area contributed by atoms with E-state index in [9.17, 15) is 24.2 Å². The van der Waals surface area contributed by atoms with Gasteiger partial charge in [-0.25, -0.2) is 13.6 Å². The molecule has 0 saturated carbocycles. The number of rotatable bonds is 2. The van der Waals surface area contributed by atoms with Crippen LogP contribution in [0.2, 0.25) is 0 Å².